The standard InChI is InChI=1S/C19H31N3/c1-5-15(13-14-9-7-6-8-10-14)17-16(19(2,3)4)11-12-21-18(17)22-20/h6-10,15-16,21-22H,5,11-13,20H2,1-4H3. The Kier molecular flexibility index (Phi) is 5.52. The molecule has 0 radical (unpaired) electrons. The van der Waals surface area contributed by atoms with Crippen molar-refractivity contribution in [3.05, 3.63) is 47.3 Å². The van der Waals surface area contributed by atoms with Gasteiger partial charge in [0.2, 0.25) is 0 Å². The number of benzene rings is 1. The number of nitrogens with two attached hydrogens (primary N) is 1. The van der Waals surface area contributed by atoms with E-state index >= 15 is 0 Å². The summed E-state index contributed by atoms with van der Waals surface area (Å²) in [5, 5.41) is 3.47. The maximum Gasteiger partial charge on any atom is 0.113 e. The molecule has 2 atom stereocenters. The smallest absolute Gasteiger partial charge is 0.113 e. The van der Waals surface area contributed by atoms with E-state index in [1.165, 1.54) is 17.6 Å². The third kappa shape index (κ3) is 3.83. The van der Waals surface area contributed by atoms with Crippen molar-refractivity contribution in [1.82, 2.24) is 10.7 Å². The van der Waals surface area contributed by atoms with Crippen LogP contribution in [0, 0.1) is 17.3 Å². The summed E-state index contributed by atoms with van der Waals surface area (Å²) in [5.41, 5.74) is 6.06. The normalized spacial score (nSPS) is 20.5. The van der Waals surface area contributed by atoms with Crippen molar-refractivity contribution in [2.45, 2.75) is 47.0 Å². The quantitative estimate of drug-likeness (QED) is 0.575. The average molecular weight is 301 g/mol. The molecule has 0 bridgehead atoms. The molecular formula is C19H31N3. The molecule has 2 rings (SSSR count). The molecule has 0 aliphatic carbocycles. The first-order valence-corrected chi connectivity index (χ1v) is 8.45. The fourth-order valence-corrected chi connectivity index (χ4v) is 3.67. The molecule has 2 unspecified atom stereocenters. The Morgan fingerprint density at radius 3 is 2.50 bits per heavy atom. The van der Waals surface area contributed by atoms with Gasteiger partial charge in [0.25, 0.3) is 0 Å². The minimum atomic E-state index is 0.254. The Balaban J connectivity index is 2.34. The van der Waals surface area contributed by atoms with E-state index in [-0.39, 0.29) is 5.41 Å². The van der Waals surface area contributed by atoms with Gasteiger partial charge in [-0.15, -0.1) is 0 Å². The number of allylic oxidation sites excluding steroid dienone is 1. The Morgan fingerprint density at radius 2 is 1.95 bits per heavy atom. The molecule has 0 saturated carbocycles. The Morgan fingerprint density at radius 1 is 1.27 bits per heavy atom. The molecule has 3 heteroatoms. The summed E-state index contributed by atoms with van der Waals surface area (Å²) < 4.78 is 0. The van der Waals surface area contributed by atoms with Crippen molar-refractivity contribution in [2.75, 3.05) is 6.54 Å². The predicted molar refractivity (Wildman–Crippen MR) is 93.8 cm³/mol. The van der Waals surface area contributed by atoms with E-state index in [0.29, 0.717) is 11.8 Å². The molecule has 1 aliphatic heterocycles. The number of hydrogen-bond acceptors (Lipinski definition) is 3. The Labute approximate surface area is 135 Å². The van der Waals surface area contributed by atoms with Crippen LogP contribution in [0.5, 0.6) is 0 Å². The highest BCUT2D eigenvalue weighted by Crippen LogP contribution is 2.42. The average Bonchev–Trinajstić information content (AvgIpc) is 2.52. The number of nitrogens with one attached hydrogen (secondary N) is 2. The van der Waals surface area contributed by atoms with Crippen molar-refractivity contribution < 1.29 is 0 Å². The zero-order valence-corrected chi connectivity index (χ0v) is 14.4. The van der Waals surface area contributed by atoms with Gasteiger partial charge < -0.3 is 10.7 Å². The third-order valence-electron chi connectivity index (χ3n) is 4.85. The van der Waals surface area contributed by atoms with Gasteiger partial charge in [-0.1, -0.05) is 58.0 Å². The van der Waals surface area contributed by atoms with E-state index in [0.717, 1.165) is 25.2 Å². The maximum atomic E-state index is 5.81. The van der Waals surface area contributed by atoms with Crippen molar-refractivity contribution in [3.8, 4) is 0 Å². The van der Waals surface area contributed by atoms with Crippen LogP contribution in [0.1, 0.15) is 46.1 Å². The van der Waals surface area contributed by atoms with E-state index in [1.807, 2.05) is 0 Å². The Hall–Kier alpha value is -1.48. The zero-order chi connectivity index (χ0) is 16.2. The highest BCUT2D eigenvalue weighted by molar-refractivity contribution is 5.25. The number of hydrogen-bond donors (Lipinski definition) is 3. The molecule has 4 N–H and O–H groups in total. The van der Waals surface area contributed by atoms with E-state index in [1.54, 1.807) is 0 Å². The van der Waals surface area contributed by atoms with E-state index in [9.17, 15) is 0 Å². The molecule has 0 aromatic heterocycles. The summed E-state index contributed by atoms with van der Waals surface area (Å²) in [4.78, 5) is 0. The molecular weight excluding hydrogens is 270 g/mol. The van der Waals surface area contributed by atoms with Gasteiger partial charge in [0.15, 0.2) is 0 Å². The van der Waals surface area contributed by atoms with Crippen LogP contribution in [-0.4, -0.2) is 6.54 Å². The molecule has 3 nitrogen and oxygen atoms in total. The van der Waals surface area contributed by atoms with Gasteiger partial charge in [0, 0.05) is 6.54 Å². The maximum absolute atomic E-state index is 5.81. The summed E-state index contributed by atoms with van der Waals surface area (Å²) in [6.45, 7) is 10.3. The van der Waals surface area contributed by atoms with Gasteiger partial charge in [0.1, 0.15) is 5.82 Å². The summed E-state index contributed by atoms with van der Waals surface area (Å²) >= 11 is 0. The second-order valence-electron chi connectivity index (χ2n) is 7.40. The lowest BCUT2D eigenvalue weighted by Crippen LogP contribution is -2.43. The summed E-state index contributed by atoms with van der Waals surface area (Å²) in [6.07, 6.45) is 3.38. The fourth-order valence-electron chi connectivity index (χ4n) is 3.67. The van der Waals surface area contributed by atoms with Crippen LogP contribution >= 0.6 is 0 Å². The second-order valence-corrected chi connectivity index (χ2v) is 7.40. The van der Waals surface area contributed by atoms with Crippen LogP contribution < -0.4 is 16.6 Å². The number of hydrazine groups is 1. The van der Waals surface area contributed by atoms with Gasteiger partial charge in [0.05, 0.1) is 0 Å². The van der Waals surface area contributed by atoms with Gasteiger partial charge in [-0.2, -0.15) is 0 Å². The molecule has 0 amide bonds. The highest BCUT2D eigenvalue weighted by Gasteiger charge is 2.35. The summed E-state index contributed by atoms with van der Waals surface area (Å²) in [6, 6.07) is 10.8. The van der Waals surface area contributed by atoms with E-state index < -0.39 is 0 Å². The Bertz CT molecular complexity index is 499. The monoisotopic (exact) mass is 301 g/mol. The zero-order valence-electron chi connectivity index (χ0n) is 14.4. The van der Waals surface area contributed by atoms with Gasteiger partial charge in [-0.25, -0.2) is 5.84 Å². The first-order chi connectivity index (χ1) is 10.5. The molecule has 0 fully saturated rings. The summed E-state index contributed by atoms with van der Waals surface area (Å²) in [7, 11) is 0. The highest BCUT2D eigenvalue weighted by atomic mass is 15.3. The van der Waals surface area contributed by atoms with Crippen LogP contribution in [0.25, 0.3) is 0 Å². The first-order valence-electron chi connectivity index (χ1n) is 8.45. The van der Waals surface area contributed by atoms with Crippen LogP contribution in [0.3, 0.4) is 0 Å². The number of rotatable bonds is 5. The van der Waals surface area contributed by atoms with Crippen molar-refractivity contribution in [1.29, 1.82) is 0 Å². The van der Waals surface area contributed by atoms with Crippen LogP contribution in [-0.2, 0) is 6.42 Å². The van der Waals surface area contributed by atoms with Gasteiger partial charge >= 0.3 is 0 Å². The lowest BCUT2D eigenvalue weighted by Gasteiger charge is -2.41. The fraction of sp³-hybridized carbons (Fsp3) is 0.579. The second kappa shape index (κ2) is 7.19. The minimum Gasteiger partial charge on any atom is -0.371 e. The molecule has 1 heterocycles. The van der Waals surface area contributed by atoms with Crippen molar-refractivity contribution >= 4 is 0 Å². The third-order valence-corrected chi connectivity index (χ3v) is 4.85. The van der Waals surface area contributed by atoms with Gasteiger partial charge in [-0.3, -0.25) is 0 Å². The molecule has 0 saturated heterocycles. The van der Waals surface area contributed by atoms with E-state index in [4.69, 9.17) is 5.84 Å². The minimum absolute atomic E-state index is 0.254. The molecule has 0 spiro atoms. The predicted octanol–water partition coefficient (Wildman–Crippen LogP) is 3.59. The summed E-state index contributed by atoms with van der Waals surface area (Å²) in [5.74, 6) is 7.95. The SMILES string of the molecule is CCC(Cc1ccccc1)C1=C(NN)NCCC1C(C)(C)C. The lowest BCUT2D eigenvalue weighted by molar-refractivity contribution is 0.226. The first kappa shape index (κ1) is 16.9. The van der Waals surface area contributed by atoms with Crippen molar-refractivity contribution in [2.24, 2.45) is 23.1 Å². The van der Waals surface area contributed by atoms with Crippen LogP contribution in [0.2, 0.25) is 0 Å². The van der Waals surface area contributed by atoms with Crippen molar-refractivity contribution in [3.63, 3.8) is 0 Å². The molecule has 22 heavy (non-hydrogen) atoms. The topological polar surface area (TPSA) is 50.1 Å². The molecule has 122 valence electrons. The lowest BCUT2D eigenvalue weighted by atomic mass is 9.68. The molecule has 1 aromatic rings. The molecule has 1 aromatic carbocycles. The van der Waals surface area contributed by atoms with Gasteiger partial charge in [-0.05, 0) is 47.6 Å². The van der Waals surface area contributed by atoms with Crippen LogP contribution in [0.4, 0.5) is 0 Å². The van der Waals surface area contributed by atoms with Crippen LogP contribution in [0.15, 0.2) is 41.7 Å². The largest absolute Gasteiger partial charge is 0.371 e. The van der Waals surface area contributed by atoms with E-state index in [2.05, 4.69) is 68.8 Å². The molecule has 1 aliphatic rings.